The van der Waals surface area contributed by atoms with Gasteiger partial charge in [0, 0.05) is 45.2 Å². The second-order valence-corrected chi connectivity index (χ2v) is 8.02. The molecular weight excluding hydrogens is 292 g/mol. The third-order valence-corrected chi connectivity index (χ3v) is 4.20. The van der Waals surface area contributed by atoms with Crippen LogP contribution in [0.1, 0.15) is 20.3 Å². The molecule has 1 atom stereocenters. The fourth-order valence-corrected chi connectivity index (χ4v) is 3.50. The lowest BCUT2D eigenvalue weighted by Crippen LogP contribution is -2.53. The second-order valence-electron chi connectivity index (χ2n) is 6.27. The molecule has 1 aliphatic rings. The SMILES string of the molecule is CN=C(NCC(C)(C)NS(C)(=O)=O)N(C)CC1CCOC1. The summed E-state index contributed by atoms with van der Waals surface area (Å²) in [5.74, 6) is 1.28. The Morgan fingerprint density at radius 1 is 1.48 bits per heavy atom. The molecule has 1 rings (SSSR count). The molecule has 0 bridgehead atoms. The predicted molar refractivity (Wildman–Crippen MR) is 85.0 cm³/mol. The van der Waals surface area contributed by atoms with E-state index in [4.69, 9.17) is 4.74 Å². The Labute approximate surface area is 128 Å². The summed E-state index contributed by atoms with van der Waals surface area (Å²) in [6.07, 6.45) is 2.23. The molecule has 1 saturated heterocycles. The molecule has 0 aromatic heterocycles. The van der Waals surface area contributed by atoms with E-state index in [-0.39, 0.29) is 0 Å². The van der Waals surface area contributed by atoms with Crippen LogP contribution < -0.4 is 10.0 Å². The molecule has 0 radical (unpaired) electrons. The van der Waals surface area contributed by atoms with Crippen molar-refractivity contribution in [2.24, 2.45) is 10.9 Å². The van der Waals surface area contributed by atoms with Gasteiger partial charge in [0.1, 0.15) is 0 Å². The monoisotopic (exact) mass is 320 g/mol. The number of hydrogen-bond acceptors (Lipinski definition) is 4. The van der Waals surface area contributed by atoms with Gasteiger partial charge < -0.3 is 15.0 Å². The molecule has 1 unspecified atom stereocenters. The predicted octanol–water partition coefficient (Wildman–Crippen LogP) is -0.142. The summed E-state index contributed by atoms with van der Waals surface area (Å²) < 4.78 is 30.6. The minimum Gasteiger partial charge on any atom is -0.381 e. The van der Waals surface area contributed by atoms with Crippen molar-refractivity contribution in [3.63, 3.8) is 0 Å². The molecule has 0 amide bonds. The molecule has 21 heavy (non-hydrogen) atoms. The van der Waals surface area contributed by atoms with Gasteiger partial charge in [-0.2, -0.15) is 0 Å². The Bertz CT molecular complexity index is 456. The van der Waals surface area contributed by atoms with Gasteiger partial charge in [0.2, 0.25) is 10.0 Å². The number of rotatable bonds is 6. The highest BCUT2D eigenvalue weighted by Gasteiger charge is 2.24. The average molecular weight is 320 g/mol. The number of guanidine groups is 1. The van der Waals surface area contributed by atoms with E-state index in [2.05, 4.69) is 19.9 Å². The molecule has 1 heterocycles. The first kappa shape index (κ1) is 18.2. The highest BCUT2D eigenvalue weighted by molar-refractivity contribution is 7.88. The number of nitrogens with one attached hydrogen (secondary N) is 2. The normalized spacial score (nSPS) is 20.6. The van der Waals surface area contributed by atoms with E-state index in [1.807, 2.05) is 20.9 Å². The topological polar surface area (TPSA) is 83.0 Å². The van der Waals surface area contributed by atoms with Crippen LogP contribution in [-0.4, -0.2) is 71.5 Å². The van der Waals surface area contributed by atoms with E-state index in [1.165, 1.54) is 0 Å². The average Bonchev–Trinajstić information content (AvgIpc) is 2.79. The van der Waals surface area contributed by atoms with Crippen LogP contribution >= 0.6 is 0 Å². The van der Waals surface area contributed by atoms with E-state index in [1.54, 1.807) is 7.05 Å². The molecular formula is C13H28N4O3S. The highest BCUT2D eigenvalue weighted by Crippen LogP contribution is 2.13. The first-order chi connectivity index (χ1) is 9.63. The fourth-order valence-electron chi connectivity index (χ4n) is 2.42. The van der Waals surface area contributed by atoms with Crippen molar-refractivity contribution in [3.8, 4) is 0 Å². The fraction of sp³-hybridized carbons (Fsp3) is 0.923. The zero-order valence-electron chi connectivity index (χ0n) is 13.6. The van der Waals surface area contributed by atoms with Gasteiger partial charge in [-0.1, -0.05) is 0 Å². The zero-order valence-corrected chi connectivity index (χ0v) is 14.5. The summed E-state index contributed by atoms with van der Waals surface area (Å²) in [7, 11) is 0.465. The number of nitrogens with zero attached hydrogens (tertiary/aromatic N) is 2. The van der Waals surface area contributed by atoms with Crippen molar-refractivity contribution in [2.75, 3.05) is 46.7 Å². The Kier molecular flexibility index (Phi) is 6.42. The van der Waals surface area contributed by atoms with Crippen LogP contribution in [0.15, 0.2) is 4.99 Å². The van der Waals surface area contributed by atoms with Gasteiger partial charge >= 0.3 is 0 Å². The van der Waals surface area contributed by atoms with Crippen molar-refractivity contribution < 1.29 is 13.2 Å². The third-order valence-electron chi connectivity index (χ3n) is 3.28. The lowest BCUT2D eigenvalue weighted by Gasteiger charge is -2.29. The largest absolute Gasteiger partial charge is 0.381 e. The van der Waals surface area contributed by atoms with Gasteiger partial charge in [0.25, 0.3) is 0 Å². The molecule has 1 fully saturated rings. The molecule has 0 spiro atoms. The van der Waals surface area contributed by atoms with Gasteiger partial charge in [-0.15, -0.1) is 0 Å². The second kappa shape index (κ2) is 7.42. The summed E-state index contributed by atoms with van der Waals surface area (Å²) in [5.41, 5.74) is -0.583. The number of ether oxygens (including phenoxy) is 1. The van der Waals surface area contributed by atoms with Gasteiger partial charge in [0.15, 0.2) is 5.96 Å². The molecule has 8 heteroatoms. The minimum absolute atomic E-state index is 0.457. The molecule has 124 valence electrons. The smallest absolute Gasteiger partial charge is 0.209 e. The summed E-state index contributed by atoms with van der Waals surface area (Å²) >= 11 is 0. The van der Waals surface area contributed by atoms with Crippen LogP contribution in [0, 0.1) is 5.92 Å². The molecule has 0 aromatic carbocycles. The first-order valence-electron chi connectivity index (χ1n) is 7.11. The standard InChI is InChI=1S/C13H28N4O3S/c1-13(2,16-21(5,18)19)10-15-12(14-3)17(4)8-11-6-7-20-9-11/h11,16H,6-10H2,1-5H3,(H,14,15). The molecule has 1 aliphatic heterocycles. The molecule has 2 N–H and O–H groups in total. The van der Waals surface area contributed by atoms with E-state index < -0.39 is 15.6 Å². The van der Waals surface area contributed by atoms with Crippen LogP contribution in [0.25, 0.3) is 0 Å². The zero-order chi connectivity index (χ0) is 16.1. The highest BCUT2D eigenvalue weighted by atomic mass is 32.2. The molecule has 0 aromatic rings. The maximum Gasteiger partial charge on any atom is 0.209 e. The Morgan fingerprint density at radius 3 is 2.62 bits per heavy atom. The lowest BCUT2D eigenvalue weighted by molar-refractivity contribution is 0.181. The number of aliphatic imine (C=N–C) groups is 1. The summed E-state index contributed by atoms with van der Waals surface area (Å²) in [6.45, 7) is 6.62. The van der Waals surface area contributed by atoms with Crippen molar-refractivity contribution >= 4 is 16.0 Å². The van der Waals surface area contributed by atoms with Crippen molar-refractivity contribution in [3.05, 3.63) is 0 Å². The Balaban J connectivity index is 2.49. The maximum atomic E-state index is 11.3. The van der Waals surface area contributed by atoms with Gasteiger partial charge in [-0.05, 0) is 20.3 Å². The van der Waals surface area contributed by atoms with Crippen LogP contribution in [0.5, 0.6) is 0 Å². The van der Waals surface area contributed by atoms with Crippen LogP contribution in [0.3, 0.4) is 0 Å². The Hall–Kier alpha value is -0.860. The molecule has 0 saturated carbocycles. The van der Waals surface area contributed by atoms with Crippen LogP contribution in [-0.2, 0) is 14.8 Å². The quantitative estimate of drug-likeness (QED) is 0.526. The van der Waals surface area contributed by atoms with Crippen LogP contribution in [0.4, 0.5) is 0 Å². The van der Waals surface area contributed by atoms with Crippen LogP contribution in [0.2, 0.25) is 0 Å². The molecule has 7 nitrogen and oxygen atoms in total. The van der Waals surface area contributed by atoms with Crippen molar-refractivity contribution in [1.29, 1.82) is 0 Å². The summed E-state index contributed by atoms with van der Waals surface area (Å²) in [4.78, 5) is 6.29. The van der Waals surface area contributed by atoms with E-state index in [0.717, 1.165) is 38.4 Å². The maximum absolute atomic E-state index is 11.3. The van der Waals surface area contributed by atoms with Gasteiger partial charge in [-0.25, -0.2) is 13.1 Å². The minimum atomic E-state index is -3.24. The number of hydrogen-bond donors (Lipinski definition) is 2. The summed E-state index contributed by atoms with van der Waals surface area (Å²) in [5, 5.41) is 3.21. The Morgan fingerprint density at radius 2 is 2.14 bits per heavy atom. The number of sulfonamides is 1. The van der Waals surface area contributed by atoms with Crippen molar-refractivity contribution in [2.45, 2.75) is 25.8 Å². The first-order valence-corrected chi connectivity index (χ1v) is 9.00. The summed E-state index contributed by atoms with van der Waals surface area (Å²) in [6, 6.07) is 0. The lowest BCUT2D eigenvalue weighted by atomic mass is 10.1. The van der Waals surface area contributed by atoms with E-state index in [0.29, 0.717) is 12.5 Å². The van der Waals surface area contributed by atoms with E-state index >= 15 is 0 Å². The van der Waals surface area contributed by atoms with E-state index in [9.17, 15) is 8.42 Å². The van der Waals surface area contributed by atoms with Gasteiger partial charge in [-0.3, -0.25) is 4.99 Å². The molecule has 0 aliphatic carbocycles. The third kappa shape index (κ3) is 7.10. The van der Waals surface area contributed by atoms with Gasteiger partial charge in [0.05, 0.1) is 12.9 Å². The van der Waals surface area contributed by atoms with Crippen molar-refractivity contribution in [1.82, 2.24) is 14.9 Å².